The summed E-state index contributed by atoms with van der Waals surface area (Å²) in [5.41, 5.74) is 1.95. The van der Waals surface area contributed by atoms with E-state index >= 15 is 0 Å². The van der Waals surface area contributed by atoms with Gasteiger partial charge in [0.15, 0.2) is 0 Å². The van der Waals surface area contributed by atoms with E-state index in [1.165, 1.54) is 12.1 Å². The molecule has 2 aromatic rings. The minimum Gasteiger partial charge on any atom is -0.326 e. The van der Waals surface area contributed by atoms with Gasteiger partial charge in [0.1, 0.15) is 4.90 Å². The molecule has 0 saturated carbocycles. The van der Waals surface area contributed by atoms with Gasteiger partial charge in [-0.2, -0.15) is 0 Å². The second-order valence-electron chi connectivity index (χ2n) is 5.73. The van der Waals surface area contributed by atoms with E-state index in [0.29, 0.717) is 5.69 Å². The maximum Gasteiger partial charge on any atom is 0.269 e. The largest absolute Gasteiger partial charge is 0.326 e. The summed E-state index contributed by atoms with van der Waals surface area (Å²) in [4.78, 5) is 24.3. The second-order valence-corrected chi connectivity index (χ2v) is 7.56. The van der Waals surface area contributed by atoms with Gasteiger partial charge < -0.3 is 5.32 Å². The Balaban J connectivity index is 1.65. The van der Waals surface area contributed by atoms with Gasteiger partial charge in [0.2, 0.25) is 5.91 Å². The summed E-state index contributed by atoms with van der Waals surface area (Å²) < 4.78 is 25.6. The molecule has 2 amide bonds. The molecule has 2 aromatic carbocycles. The zero-order valence-corrected chi connectivity index (χ0v) is 14.5. The number of hydrogen-bond acceptors (Lipinski definition) is 4. The third-order valence-corrected chi connectivity index (χ3v) is 5.94. The number of carbonyl (C=O) groups is 2. The van der Waals surface area contributed by atoms with Crippen LogP contribution in [0.4, 0.5) is 5.69 Å². The highest BCUT2D eigenvalue weighted by Crippen LogP contribution is 2.29. The topological polar surface area (TPSA) is 83.6 Å². The number of nitrogens with zero attached hydrogens (tertiary/aromatic N) is 1. The number of anilines is 1. The molecule has 0 aromatic heterocycles. The normalized spacial score (nSPS) is 15.1. The van der Waals surface area contributed by atoms with Crippen LogP contribution in [0.1, 0.15) is 29.3 Å². The van der Waals surface area contributed by atoms with E-state index < -0.39 is 15.9 Å². The molecular formula is C18H18N2O4S. The van der Waals surface area contributed by atoms with Crippen molar-refractivity contribution >= 4 is 27.5 Å². The molecule has 1 aliphatic rings. The molecule has 0 spiro atoms. The molecule has 0 unspecified atom stereocenters. The Bertz CT molecular complexity index is 920. The van der Waals surface area contributed by atoms with Crippen LogP contribution in [-0.2, 0) is 21.2 Å². The van der Waals surface area contributed by atoms with Crippen LogP contribution < -0.4 is 5.32 Å². The van der Waals surface area contributed by atoms with Crippen LogP contribution in [0.3, 0.4) is 0 Å². The van der Waals surface area contributed by atoms with Crippen LogP contribution in [0.2, 0.25) is 0 Å². The maximum absolute atomic E-state index is 12.4. The molecule has 7 heteroatoms. The Labute approximate surface area is 146 Å². The van der Waals surface area contributed by atoms with Crippen molar-refractivity contribution in [2.45, 2.75) is 24.7 Å². The molecule has 1 N–H and O–H groups in total. The van der Waals surface area contributed by atoms with Gasteiger partial charge in [-0.1, -0.05) is 31.2 Å². The maximum atomic E-state index is 12.4. The Morgan fingerprint density at radius 3 is 2.40 bits per heavy atom. The van der Waals surface area contributed by atoms with Gasteiger partial charge in [-0.05, 0) is 36.2 Å². The molecule has 6 nitrogen and oxygen atoms in total. The van der Waals surface area contributed by atoms with Crippen LogP contribution >= 0.6 is 0 Å². The molecule has 130 valence electrons. The van der Waals surface area contributed by atoms with Gasteiger partial charge in [0.05, 0.1) is 5.56 Å². The molecule has 0 atom stereocenters. The minimum atomic E-state index is -3.87. The summed E-state index contributed by atoms with van der Waals surface area (Å²) in [5.74, 6) is -0.932. The molecule has 0 radical (unpaired) electrons. The third kappa shape index (κ3) is 3.28. The summed E-state index contributed by atoms with van der Waals surface area (Å²) in [6, 6.07) is 13.5. The zero-order valence-electron chi connectivity index (χ0n) is 13.7. The Hall–Kier alpha value is -2.67. The van der Waals surface area contributed by atoms with Crippen molar-refractivity contribution < 1.29 is 18.0 Å². The Morgan fingerprint density at radius 1 is 1.08 bits per heavy atom. The number of aryl methyl sites for hydroxylation is 1. The predicted molar refractivity (Wildman–Crippen MR) is 93.7 cm³/mol. The summed E-state index contributed by atoms with van der Waals surface area (Å²) in [5, 5.41) is 2.71. The predicted octanol–water partition coefficient (Wildman–Crippen LogP) is 2.42. The van der Waals surface area contributed by atoms with Crippen molar-refractivity contribution in [1.82, 2.24) is 4.31 Å². The van der Waals surface area contributed by atoms with E-state index in [9.17, 15) is 18.0 Å². The van der Waals surface area contributed by atoms with E-state index in [0.717, 1.165) is 16.3 Å². The number of benzene rings is 2. The fourth-order valence-electron chi connectivity index (χ4n) is 2.70. The van der Waals surface area contributed by atoms with Crippen molar-refractivity contribution in [2.24, 2.45) is 0 Å². The van der Waals surface area contributed by atoms with Crippen LogP contribution in [0.5, 0.6) is 0 Å². The van der Waals surface area contributed by atoms with Gasteiger partial charge in [0.25, 0.3) is 15.9 Å². The smallest absolute Gasteiger partial charge is 0.269 e. The van der Waals surface area contributed by atoms with Gasteiger partial charge in [-0.25, -0.2) is 12.7 Å². The minimum absolute atomic E-state index is 0.00411. The lowest BCUT2D eigenvalue weighted by atomic mass is 10.1. The Kier molecular flexibility index (Phi) is 4.59. The number of rotatable bonds is 5. The summed E-state index contributed by atoms with van der Waals surface area (Å²) in [6.45, 7) is 1.85. The highest BCUT2D eigenvalue weighted by atomic mass is 32.2. The molecule has 1 heterocycles. The molecule has 0 fully saturated rings. The molecule has 0 bridgehead atoms. The molecule has 1 aliphatic heterocycles. The molecule has 0 aliphatic carbocycles. The van der Waals surface area contributed by atoms with Crippen molar-refractivity contribution in [3.8, 4) is 0 Å². The van der Waals surface area contributed by atoms with Crippen LogP contribution in [0.15, 0.2) is 53.4 Å². The van der Waals surface area contributed by atoms with Crippen molar-refractivity contribution in [3.63, 3.8) is 0 Å². The number of carbonyl (C=O) groups excluding carboxylic acids is 2. The summed E-state index contributed by atoms with van der Waals surface area (Å²) >= 11 is 0. The lowest BCUT2D eigenvalue weighted by molar-refractivity contribution is -0.116. The van der Waals surface area contributed by atoms with Crippen LogP contribution in [-0.4, -0.2) is 31.1 Å². The Morgan fingerprint density at radius 2 is 1.76 bits per heavy atom. The highest BCUT2D eigenvalue weighted by molar-refractivity contribution is 7.90. The fraction of sp³-hybridized carbons (Fsp3) is 0.222. The fourth-order valence-corrected chi connectivity index (χ4v) is 4.27. The molecule has 0 saturated heterocycles. The van der Waals surface area contributed by atoms with E-state index in [2.05, 4.69) is 5.32 Å². The van der Waals surface area contributed by atoms with E-state index in [1.54, 1.807) is 24.3 Å². The summed E-state index contributed by atoms with van der Waals surface area (Å²) in [6.07, 6.45) is 0.804. The number of fused-ring (bicyclic) bond motifs is 1. The lowest BCUT2D eigenvalue weighted by Crippen LogP contribution is -2.33. The average molecular weight is 358 g/mol. The number of sulfonamides is 1. The first-order valence-electron chi connectivity index (χ1n) is 7.98. The van der Waals surface area contributed by atoms with Crippen molar-refractivity contribution in [2.75, 3.05) is 11.9 Å². The quantitative estimate of drug-likeness (QED) is 0.890. The number of hydrogen-bond donors (Lipinski definition) is 1. The highest BCUT2D eigenvalue weighted by Gasteiger charge is 2.40. The van der Waals surface area contributed by atoms with Crippen LogP contribution in [0.25, 0.3) is 0 Å². The van der Waals surface area contributed by atoms with E-state index in [-0.39, 0.29) is 29.3 Å². The molecule has 25 heavy (non-hydrogen) atoms. The van der Waals surface area contributed by atoms with Gasteiger partial charge in [-0.15, -0.1) is 0 Å². The first-order chi connectivity index (χ1) is 11.9. The zero-order chi connectivity index (χ0) is 18.0. The molecule has 3 rings (SSSR count). The first kappa shape index (κ1) is 17.2. The number of nitrogens with one attached hydrogen (secondary N) is 1. The monoisotopic (exact) mass is 358 g/mol. The second kappa shape index (κ2) is 6.68. The van der Waals surface area contributed by atoms with E-state index in [4.69, 9.17) is 0 Å². The average Bonchev–Trinajstić information content (AvgIpc) is 2.80. The SMILES string of the molecule is CCc1ccc(NC(=O)CCN2C(=O)c3ccccc3S2(=O)=O)cc1. The van der Waals surface area contributed by atoms with E-state index in [1.807, 2.05) is 19.1 Å². The standard InChI is InChI=1S/C18H18N2O4S/c1-2-13-7-9-14(10-8-13)19-17(21)11-12-20-18(22)15-5-3-4-6-16(15)25(20,23)24/h3-10H,2,11-12H2,1H3,(H,19,21). The first-order valence-corrected chi connectivity index (χ1v) is 9.42. The summed E-state index contributed by atoms with van der Waals surface area (Å²) in [7, 11) is -3.87. The molecular weight excluding hydrogens is 340 g/mol. The van der Waals surface area contributed by atoms with Gasteiger partial charge in [0, 0.05) is 18.7 Å². The van der Waals surface area contributed by atoms with Crippen molar-refractivity contribution in [1.29, 1.82) is 0 Å². The third-order valence-electron chi connectivity index (χ3n) is 4.10. The lowest BCUT2D eigenvalue weighted by Gasteiger charge is -2.14. The van der Waals surface area contributed by atoms with Gasteiger partial charge in [-0.3, -0.25) is 9.59 Å². The van der Waals surface area contributed by atoms with Crippen molar-refractivity contribution in [3.05, 3.63) is 59.7 Å². The van der Waals surface area contributed by atoms with Gasteiger partial charge >= 0.3 is 0 Å². The van der Waals surface area contributed by atoms with Crippen LogP contribution in [0, 0.1) is 0 Å². The number of amides is 2.